The van der Waals surface area contributed by atoms with Crippen LogP contribution in [0, 0.1) is 13.8 Å². The summed E-state index contributed by atoms with van der Waals surface area (Å²) in [6.45, 7) is 4.17. The molecular formula is C23H18Br2ClN3O2. The number of urea groups is 1. The van der Waals surface area contributed by atoms with E-state index >= 15 is 0 Å². The molecule has 1 N–H and O–H groups in total. The molecular weight excluding hydrogens is 546 g/mol. The van der Waals surface area contributed by atoms with E-state index in [4.69, 9.17) is 11.6 Å². The van der Waals surface area contributed by atoms with Gasteiger partial charge in [-0.2, -0.15) is 0 Å². The molecule has 0 unspecified atom stereocenters. The fourth-order valence-corrected chi connectivity index (χ4v) is 4.28. The molecule has 0 saturated carbocycles. The number of carbonyl (C=O) groups excluding carboxylic acids is 2. The standard InChI is InChI=1S/C23H18Br2ClN3O2/c1-13-9-16(14(2)29(13)18-7-8-19(25)20(26)11-18)10-21-22(30)28(23(31)27-21)12-15-3-5-17(24)6-4-15/h3-11H,12H2,1-2H3,(H,27,31)/b21-10+. The molecule has 1 fully saturated rings. The second-order valence-electron chi connectivity index (χ2n) is 7.27. The van der Waals surface area contributed by atoms with Crippen molar-refractivity contribution in [1.29, 1.82) is 0 Å². The number of nitrogens with zero attached hydrogens (tertiary/aromatic N) is 2. The van der Waals surface area contributed by atoms with Gasteiger partial charge in [0.2, 0.25) is 0 Å². The van der Waals surface area contributed by atoms with Gasteiger partial charge in [-0.3, -0.25) is 9.69 Å². The average molecular weight is 564 g/mol. The second-order valence-corrected chi connectivity index (χ2v) is 9.44. The van der Waals surface area contributed by atoms with Crippen LogP contribution in [-0.2, 0) is 11.3 Å². The first-order chi connectivity index (χ1) is 14.7. The van der Waals surface area contributed by atoms with Gasteiger partial charge >= 0.3 is 6.03 Å². The number of aryl methyl sites for hydroxylation is 1. The summed E-state index contributed by atoms with van der Waals surface area (Å²) >= 11 is 13.1. The summed E-state index contributed by atoms with van der Waals surface area (Å²) in [7, 11) is 0. The first-order valence-corrected chi connectivity index (χ1v) is 11.4. The Morgan fingerprint density at radius 3 is 2.42 bits per heavy atom. The van der Waals surface area contributed by atoms with Crippen LogP contribution in [0.5, 0.6) is 0 Å². The fourth-order valence-electron chi connectivity index (χ4n) is 3.60. The number of hydrogen-bond acceptors (Lipinski definition) is 2. The van der Waals surface area contributed by atoms with E-state index in [-0.39, 0.29) is 18.1 Å². The van der Waals surface area contributed by atoms with Crippen LogP contribution in [-0.4, -0.2) is 21.4 Å². The van der Waals surface area contributed by atoms with Crippen LogP contribution in [0.25, 0.3) is 11.8 Å². The third-order valence-corrected chi connectivity index (χ3v) is 6.91. The largest absolute Gasteiger partial charge is 0.329 e. The van der Waals surface area contributed by atoms with E-state index in [1.54, 1.807) is 6.08 Å². The molecule has 3 aromatic rings. The van der Waals surface area contributed by atoms with Crippen LogP contribution < -0.4 is 5.32 Å². The Morgan fingerprint density at radius 1 is 1.03 bits per heavy atom. The summed E-state index contributed by atoms with van der Waals surface area (Å²) in [6, 6.07) is 14.8. The first kappa shape index (κ1) is 21.9. The van der Waals surface area contributed by atoms with Crippen molar-refractivity contribution >= 4 is 61.5 Å². The minimum absolute atomic E-state index is 0.214. The monoisotopic (exact) mass is 561 g/mol. The summed E-state index contributed by atoms with van der Waals surface area (Å²) in [5, 5.41) is 3.32. The van der Waals surface area contributed by atoms with Crippen LogP contribution in [0.15, 0.2) is 63.2 Å². The number of halogens is 3. The van der Waals surface area contributed by atoms with Crippen LogP contribution in [0.4, 0.5) is 4.79 Å². The average Bonchev–Trinajstić information content (AvgIpc) is 3.15. The zero-order valence-electron chi connectivity index (χ0n) is 16.7. The highest BCUT2D eigenvalue weighted by Gasteiger charge is 2.33. The maximum atomic E-state index is 12.9. The van der Waals surface area contributed by atoms with Crippen LogP contribution in [0.2, 0.25) is 5.02 Å². The smallest absolute Gasteiger partial charge is 0.318 e. The lowest BCUT2D eigenvalue weighted by Crippen LogP contribution is -2.30. The number of nitrogens with one attached hydrogen (secondary N) is 1. The SMILES string of the molecule is Cc1cc(/C=C2/NC(=O)N(Cc3ccc(Br)cc3)C2=O)c(C)n1-c1ccc(Br)c(Cl)c1. The van der Waals surface area contributed by atoms with Crippen LogP contribution >= 0.6 is 43.5 Å². The highest BCUT2D eigenvalue weighted by molar-refractivity contribution is 9.10. The molecule has 0 radical (unpaired) electrons. The topological polar surface area (TPSA) is 54.3 Å². The van der Waals surface area contributed by atoms with Gasteiger partial charge in [0, 0.05) is 26.0 Å². The van der Waals surface area contributed by atoms with Crippen molar-refractivity contribution in [3.8, 4) is 5.69 Å². The Balaban J connectivity index is 1.63. The molecule has 1 aliphatic rings. The van der Waals surface area contributed by atoms with E-state index in [0.29, 0.717) is 5.02 Å². The third-order valence-electron chi connectivity index (χ3n) is 5.15. The highest BCUT2D eigenvalue weighted by Crippen LogP contribution is 2.29. The molecule has 3 amide bonds. The number of amides is 3. The zero-order chi connectivity index (χ0) is 22.3. The number of aromatic nitrogens is 1. The molecule has 31 heavy (non-hydrogen) atoms. The summed E-state index contributed by atoms with van der Waals surface area (Å²) in [5.41, 5.74) is 4.84. The highest BCUT2D eigenvalue weighted by atomic mass is 79.9. The number of carbonyl (C=O) groups is 2. The van der Waals surface area contributed by atoms with Gasteiger partial charge in [-0.25, -0.2) is 4.79 Å². The fraction of sp³-hybridized carbons (Fsp3) is 0.130. The number of imide groups is 1. The van der Waals surface area contributed by atoms with Crippen molar-refractivity contribution in [2.24, 2.45) is 0 Å². The lowest BCUT2D eigenvalue weighted by atomic mass is 10.2. The lowest BCUT2D eigenvalue weighted by Gasteiger charge is -2.11. The minimum atomic E-state index is -0.423. The van der Waals surface area contributed by atoms with Crippen molar-refractivity contribution in [2.75, 3.05) is 0 Å². The van der Waals surface area contributed by atoms with E-state index in [1.807, 2.05) is 62.4 Å². The van der Waals surface area contributed by atoms with Crippen LogP contribution in [0.1, 0.15) is 22.5 Å². The van der Waals surface area contributed by atoms with Gasteiger partial charge in [0.05, 0.1) is 11.6 Å². The summed E-state index contributed by atoms with van der Waals surface area (Å²) in [5.74, 6) is -0.343. The Bertz CT molecular complexity index is 1230. The molecule has 4 rings (SSSR count). The minimum Gasteiger partial charge on any atom is -0.318 e. The Hall–Kier alpha value is -2.35. The number of rotatable bonds is 4. The van der Waals surface area contributed by atoms with E-state index in [2.05, 4.69) is 41.7 Å². The van der Waals surface area contributed by atoms with E-state index in [9.17, 15) is 9.59 Å². The number of hydrogen-bond donors (Lipinski definition) is 1. The van der Waals surface area contributed by atoms with Gasteiger partial charge in [-0.15, -0.1) is 0 Å². The van der Waals surface area contributed by atoms with Crippen molar-refractivity contribution < 1.29 is 9.59 Å². The molecule has 1 aromatic heterocycles. The van der Waals surface area contributed by atoms with Gasteiger partial charge in [0.25, 0.3) is 5.91 Å². The molecule has 5 nitrogen and oxygen atoms in total. The maximum absolute atomic E-state index is 12.9. The van der Waals surface area contributed by atoms with Crippen molar-refractivity contribution in [2.45, 2.75) is 20.4 Å². The van der Waals surface area contributed by atoms with Crippen molar-refractivity contribution in [1.82, 2.24) is 14.8 Å². The molecule has 2 aromatic carbocycles. The molecule has 1 saturated heterocycles. The molecule has 158 valence electrons. The van der Waals surface area contributed by atoms with E-state index in [1.165, 1.54) is 4.90 Å². The summed E-state index contributed by atoms with van der Waals surface area (Å²) < 4.78 is 3.83. The molecule has 0 atom stereocenters. The Kier molecular flexibility index (Phi) is 6.10. The molecule has 8 heteroatoms. The normalized spacial score (nSPS) is 15.1. The zero-order valence-corrected chi connectivity index (χ0v) is 20.7. The van der Waals surface area contributed by atoms with Crippen molar-refractivity contribution in [3.63, 3.8) is 0 Å². The molecule has 1 aliphatic heterocycles. The molecule has 2 heterocycles. The second kappa shape index (κ2) is 8.65. The molecule has 0 aliphatic carbocycles. The molecule has 0 bridgehead atoms. The summed E-state index contributed by atoms with van der Waals surface area (Å²) in [6.07, 6.45) is 1.72. The van der Waals surface area contributed by atoms with Gasteiger partial charge < -0.3 is 9.88 Å². The quantitative estimate of drug-likeness (QED) is 0.297. The van der Waals surface area contributed by atoms with Gasteiger partial charge in [-0.05, 0) is 83.4 Å². The summed E-state index contributed by atoms with van der Waals surface area (Å²) in [4.78, 5) is 26.5. The van der Waals surface area contributed by atoms with E-state index in [0.717, 1.165) is 37.1 Å². The van der Waals surface area contributed by atoms with Gasteiger partial charge in [0.1, 0.15) is 5.70 Å². The van der Waals surface area contributed by atoms with Gasteiger partial charge in [-0.1, -0.05) is 39.7 Å². The Morgan fingerprint density at radius 2 is 1.74 bits per heavy atom. The molecule has 0 spiro atoms. The van der Waals surface area contributed by atoms with Crippen molar-refractivity contribution in [3.05, 3.63) is 90.7 Å². The lowest BCUT2D eigenvalue weighted by molar-refractivity contribution is -0.123. The Labute approximate surface area is 201 Å². The van der Waals surface area contributed by atoms with Crippen LogP contribution in [0.3, 0.4) is 0 Å². The van der Waals surface area contributed by atoms with Gasteiger partial charge in [0.15, 0.2) is 0 Å². The maximum Gasteiger partial charge on any atom is 0.329 e. The predicted octanol–water partition coefficient (Wildman–Crippen LogP) is 6.37. The predicted molar refractivity (Wildman–Crippen MR) is 129 cm³/mol. The third kappa shape index (κ3) is 4.35. The number of benzene rings is 2. The first-order valence-electron chi connectivity index (χ1n) is 9.48. The van der Waals surface area contributed by atoms with E-state index < -0.39 is 6.03 Å².